The van der Waals surface area contributed by atoms with Gasteiger partial charge in [0.15, 0.2) is 10.8 Å². The summed E-state index contributed by atoms with van der Waals surface area (Å²) in [4.78, 5) is 33.0. The van der Waals surface area contributed by atoms with E-state index in [1.807, 2.05) is 24.4 Å². The lowest BCUT2D eigenvalue weighted by atomic mass is 10.3. The molecule has 1 amide bonds. The van der Waals surface area contributed by atoms with Crippen LogP contribution in [0.1, 0.15) is 21.3 Å². The van der Waals surface area contributed by atoms with Gasteiger partial charge < -0.3 is 0 Å². The third kappa shape index (κ3) is 3.12. The van der Waals surface area contributed by atoms with Gasteiger partial charge in [-0.2, -0.15) is 9.97 Å². The number of pyridine rings is 1. The van der Waals surface area contributed by atoms with Crippen molar-refractivity contribution in [2.75, 3.05) is 5.32 Å². The Bertz CT molecular complexity index is 817. The number of carbonyl (C=O) groups is 1. The number of nitrogens with zero attached hydrogens (tertiary/aromatic N) is 5. The maximum absolute atomic E-state index is 12.1. The van der Waals surface area contributed by atoms with Gasteiger partial charge in [-0.15, -0.1) is 11.3 Å². The molecule has 3 aromatic heterocycles. The van der Waals surface area contributed by atoms with Crippen LogP contribution in [0.15, 0.2) is 29.8 Å². The number of amides is 1. The Balaban J connectivity index is 1.88. The first kappa shape index (κ1) is 14.2. The first-order valence-electron chi connectivity index (χ1n) is 6.49. The van der Waals surface area contributed by atoms with Gasteiger partial charge in [-0.05, 0) is 26.0 Å². The highest BCUT2D eigenvalue weighted by atomic mass is 32.1. The van der Waals surface area contributed by atoms with Crippen molar-refractivity contribution in [3.05, 3.63) is 46.3 Å². The minimum atomic E-state index is -0.337. The molecule has 0 bridgehead atoms. The van der Waals surface area contributed by atoms with Crippen LogP contribution in [0.4, 0.5) is 5.95 Å². The number of thiazole rings is 1. The van der Waals surface area contributed by atoms with E-state index in [1.165, 1.54) is 11.3 Å². The Labute approximate surface area is 130 Å². The van der Waals surface area contributed by atoms with E-state index in [0.29, 0.717) is 22.4 Å². The minimum absolute atomic E-state index is 0.186. The first-order chi connectivity index (χ1) is 10.6. The average Bonchev–Trinajstić information content (AvgIpc) is 2.94. The molecule has 110 valence electrons. The fourth-order valence-corrected chi connectivity index (χ4v) is 2.45. The molecule has 0 radical (unpaired) electrons. The minimum Gasteiger partial charge on any atom is -0.288 e. The number of hydrogen-bond donors (Lipinski definition) is 1. The topological polar surface area (TPSA) is 93.6 Å². The number of hydrogen-bond acceptors (Lipinski definition) is 7. The van der Waals surface area contributed by atoms with Crippen molar-refractivity contribution in [3.63, 3.8) is 0 Å². The maximum Gasteiger partial charge on any atom is 0.287 e. The van der Waals surface area contributed by atoms with Crippen LogP contribution >= 0.6 is 11.3 Å². The van der Waals surface area contributed by atoms with Gasteiger partial charge in [0.1, 0.15) is 11.5 Å². The third-order valence-electron chi connectivity index (χ3n) is 2.68. The Morgan fingerprint density at radius 3 is 2.68 bits per heavy atom. The molecule has 0 fully saturated rings. The highest BCUT2D eigenvalue weighted by molar-refractivity contribution is 7.11. The summed E-state index contributed by atoms with van der Waals surface area (Å²) in [7, 11) is 0. The smallest absolute Gasteiger partial charge is 0.287 e. The van der Waals surface area contributed by atoms with Crippen LogP contribution in [-0.4, -0.2) is 30.8 Å². The van der Waals surface area contributed by atoms with Crippen molar-refractivity contribution in [2.24, 2.45) is 0 Å². The van der Waals surface area contributed by atoms with Crippen molar-refractivity contribution in [1.29, 1.82) is 0 Å². The van der Waals surface area contributed by atoms with Gasteiger partial charge in [-0.3, -0.25) is 15.1 Å². The molecule has 0 saturated carbocycles. The number of nitrogens with one attached hydrogen (secondary N) is 1. The Kier molecular flexibility index (Phi) is 3.84. The molecule has 0 atom stereocenters. The fraction of sp³-hybridized carbons (Fsp3) is 0.143. The highest BCUT2D eigenvalue weighted by Gasteiger charge is 2.14. The van der Waals surface area contributed by atoms with Gasteiger partial charge in [0.05, 0.1) is 0 Å². The van der Waals surface area contributed by atoms with Crippen LogP contribution < -0.4 is 5.32 Å². The second kappa shape index (κ2) is 5.94. The summed E-state index contributed by atoms with van der Waals surface area (Å²) in [6.07, 6.45) is 1.66. The van der Waals surface area contributed by atoms with E-state index in [1.54, 1.807) is 19.2 Å². The molecule has 3 heterocycles. The molecule has 0 unspecified atom stereocenters. The van der Waals surface area contributed by atoms with E-state index in [-0.39, 0.29) is 11.9 Å². The average molecular weight is 312 g/mol. The standard InChI is InChI=1S/C14H12N6OS/c1-8-7-22-13(16-8)12(21)20-14-18-9(2)17-11(19-14)10-5-3-4-6-15-10/h3-7H,1-2H3,(H,17,18,19,20,21). The number of carbonyl (C=O) groups excluding carboxylic acids is 1. The summed E-state index contributed by atoms with van der Waals surface area (Å²) in [6.45, 7) is 3.57. The molecule has 0 aromatic carbocycles. The summed E-state index contributed by atoms with van der Waals surface area (Å²) in [5.41, 5.74) is 1.42. The molecule has 0 saturated heterocycles. The van der Waals surface area contributed by atoms with Crippen LogP contribution in [0.3, 0.4) is 0 Å². The molecule has 22 heavy (non-hydrogen) atoms. The van der Waals surface area contributed by atoms with Gasteiger partial charge in [0.2, 0.25) is 5.95 Å². The number of aromatic nitrogens is 5. The molecule has 0 aliphatic rings. The molecule has 7 nitrogen and oxygen atoms in total. The van der Waals surface area contributed by atoms with Crippen molar-refractivity contribution < 1.29 is 4.79 Å². The zero-order chi connectivity index (χ0) is 15.5. The molecule has 0 spiro atoms. The lowest BCUT2D eigenvalue weighted by Gasteiger charge is -2.05. The van der Waals surface area contributed by atoms with Gasteiger partial charge >= 0.3 is 0 Å². The Morgan fingerprint density at radius 1 is 1.14 bits per heavy atom. The molecule has 8 heteroatoms. The zero-order valence-electron chi connectivity index (χ0n) is 11.9. The van der Waals surface area contributed by atoms with Crippen LogP contribution in [0.25, 0.3) is 11.5 Å². The normalized spacial score (nSPS) is 10.5. The monoisotopic (exact) mass is 312 g/mol. The third-order valence-corrected chi connectivity index (χ3v) is 3.64. The van der Waals surface area contributed by atoms with Crippen LogP contribution in [0.5, 0.6) is 0 Å². The second-order valence-corrected chi connectivity index (χ2v) is 5.35. The molecule has 3 aromatic rings. The van der Waals surface area contributed by atoms with Crippen LogP contribution in [-0.2, 0) is 0 Å². The summed E-state index contributed by atoms with van der Waals surface area (Å²) in [5, 5.41) is 4.82. The van der Waals surface area contributed by atoms with E-state index in [9.17, 15) is 4.79 Å². The van der Waals surface area contributed by atoms with Gasteiger partial charge in [-0.25, -0.2) is 9.97 Å². The molecular weight excluding hydrogens is 300 g/mol. The number of rotatable bonds is 3. The predicted molar refractivity (Wildman–Crippen MR) is 82.6 cm³/mol. The SMILES string of the molecule is Cc1csc(C(=O)Nc2nc(C)nc(-c3ccccn3)n2)n1. The van der Waals surface area contributed by atoms with E-state index in [2.05, 4.69) is 30.2 Å². The van der Waals surface area contributed by atoms with Gasteiger partial charge in [0, 0.05) is 17.3 Å². The van der Waals surface area contributed by atoms with E-state index in [4.69, 9.17) is 0 Å². The van der Waals surface area contributed by atoms with E-state index in [0.717, 1.165) is 5.69 Å². The summed E-state index contributed by atoms with van der Waals surface area (Å²) >= 11 is 1.27. The predicted octanol–water partition coefficient (Wildman–Crippen LogP) is 2.26. The van der Waals surface area contributed by atoms with Gasteiger partial charge in [0.25, 0.3) is 5.91 Å². The molecule has 3 rings (SSSR count). The van der Waals surface area contributed by atoms with Crippen molar-refractivity contribution in [1.82, 2.24) is 24.9 Å². The summed E-state index contributed by atoms with van der Waals surface area (Å²) < 4.78 is 0. The highest BCUT2D eigenvalue weighted by Crippen LogP contribution is 2.14. The van der Waals surface area contributed by atoms with E-state index < -0.39 is 0 Å². The number of aryl methyl sites for hydroxylation is 2. The molecule has 1 N–H and O–H groups in total. The molecule has 0 aliphatic heterocycles. The van der Waals surface area contributed by atoms with Crippen LogP contribution in [0.2, 0.25) is 0 Å². The number of anilines is 1. The Hall–Kier alpha value is -2.74. The Morgan fingerprint density at radius 2 is 2.00 bits per heavy atom. The fourth-order valence-electron chi connectivity index (χ4n) is 1.76. The van der Waals surface area contributed by atoms with Crippen molar-refractivity contribution in [3.8, 4) is 11.5 Å². The summed E-state index contributed by atoms with van der Waals surface area (Å²) in [5.74, 6) is 0.765. The lowest BCUT2D eigenvalue weighted by Crippen LogP contribution is -2.15. The summed E-state index contributed by atoms with van der Waals surface area (Å²) in [6, 6.07) is 5.45. The maximum atomic E-state index is 12.1. The quantitative estimate of drug-likeness (QED) is 0.797. The van der Waals surface area contributed by atoms with Crippen molar-refractivity contribution >= 4 is 23.2 Å². The van der Waals surface area contributed by atoms with E-state index >= 15 is 0 Å². The largest absolute Gasteiger partial charge is 0.288 e. The second-order valence-electron chi connectivity index (χ2n) is 4.49. The molecule has 0 aliphatic carbocycles. The zero-order valence-corrected chi connectivity index (χ0v) is 12.8. The first-order valence-corrected chi connectivity index (χ1v) is 7.37. The van der Waals surface area contributed by atoms with Gasteiger partial charge in [-0.1, -0.05) is 6.07 Å². The lowest BCUT2D eigenvalue weighted by molar-refractivity contribution is 0.102. The van der Waals surface area contributed by atoms with Crippen LogP contribution in [0, 0.1) is 13.8 Å². The van der Waals surface area contributed by atoms with Crippen molar-refractivity contribution in [2.45, 2.75) is 13.8 Å². The molecular formula is C14H12N6OS.